The first-order valence-corrected chi connectivity index (χ1v) is 6.07. The first-order valence-electron chi connectivity index (χ1n) is 6.07. The molecule has 0 saturated carbocycles. The van der Waals surface area contributed by atoms with Crippen LogP contribution in [0.3, 0.4) is 0 Å². The average molecular weight is 285 g/mol. The molecular formula is C11H15N3O6. The number of hydrogen-bond donors (Lipinski definition) is 1. The molecule has 2 aliphatic heterocycles. The van der Waals surface area contributed by atoms with Crippen molar-refractivity contribution < 1.29 is 29.0 Å². The summed E-state index contributed by atoms with van der Waals surface area (Å²) in [7, 11) is 1.46. The van der Waals surface area contributed by atoms with Crippen LogP contribution in [0.15, 0.2) is 0 Å². The summed E-state index contributed by atoms with van der Waals surface area (Å²) in [5, 5.41) is 9.03. The first-order chi connectivity index (χ1) is 9.41. The summed E-state index contributed by atoms with van der Waals surface area (Å²) < 4.78 is 5.02. The van der Waals surface area contributed by atoms with Crippen molar-refractivity contribution in [1.29, 1.82) is 0 Å². The predicted octanol–water partition coefficient (Wildman–Crippen LogP) is -1.81. The van der Waals surface area contributed by atoms with Gasteiger partial charge in [-0.2, -0.15) is 0 Å². The van der Waals surface area contributed by atoms with Crippen molar-refractivity contribution >= 4 is 23.8 Å². The molecule has 1 unspecified atom stereocenters. The first kappa shape index (κ1) is 14.3. The van der Waals surface area contributed by atoms with Crippen LogP contribution in [0.1, 0.15) is 0 Å². The van der Waals surface area contributed by atoms with Crippen LogP contribution in [-0.2, 0) is 19.1 Å². The molecule has 9 heteroatoms. The Morgan fingerprint density at radius 2 is 2.10 bits per heavy atom. The summed E-state index contributed by atoms with van der Waals surface area (Å²) in [6.07, 6.45) is 0. The molecule has 0 aromatic rings. The van der Waals surface area contributed by atoms with E-state index in [4.69, 9.17) is 9.84 Å². The lowest BCUT2D eigenvalue weighted by molar-refractivity contribution is -0.158. The number of morpholine rings is 1. The van der Waals surface area contributed by atoms with Crippen LogP contribution in [0.4, 0.5) is 4.79 Å². The topological polar surface area (TPSA) is 107 Å². The van der Waals surface area contributed by atoms with E-state index in [9.17, 15) is 19.2 Å². The minimum absolute atomic E-state index is 0.0718. The Balaban J connectivity index is 2.05. The fraction of sp³-hybridized carbons (Fsp3) is 0.636. The molecule has 4 amide bonds. The highest BCUT2D eigenvalue weighted by molar-refractivity contribution is 6.04. The van der Waals surface area contributed by atoms with Crippen LogP contribution in [-0.4, -0.2) is 89.6 Å². The van der Waals surface area contributed by atoms with E-state index in [2.05, 4.69) is 0 Å². The molecule has 2 aliphatic rings. The Labute approximate surface area is 114 Å². The van der Waals surface area contributed by atoms with E-state index in [-0.39, 0.29) is 26.3 Å². The van der Waals surface area contributed by atoms with Gasteiger partial charge in [-0.25, -0.2) is 9.59 Å². The fourth-order valence-electron chi connectivity index (χ4n) is 2.16. The van der Waals surface area contributed by atoms with Gasteiger partial charge in [0.25, 0.3) is 5.91 Å². The van der Waals surface area contributed by atoms with Crippen molar-refractivity contribution in [3.8, 4) is 0 Å². The number of aliphatic carboxylic acids is 1. The van der Waals surface area contributed by atoms with Crippen molar-refractivity contribution in [1.82, 2.24) is 14.7 Å². The van der Waals surface area contributed by atoms with Crippen LogP contribution in [0.5, 0.6) is 0 Å². The monoisotopic (exact) mass is 285 g/mol. The molecule has 20 heavy (non-hydrogen) atoms. The Morgan fingerprint density at radius 3 is 2.65 bits per heavy atom. The smallest absolute Gasteiger partial charge is 0.328 e. The van der Waals surface area contributed by atoms with Crippen LogP contribution < -0.4 is 0 Å². The maximum atomic E-state index is 12.1. The lowest BCUT2D eigenvalue weighted by Gasteiger charge is -2.33. The second kappa shape index (κ2) is 5.45. The standard InChI is InChI=1S/C11H15N3O6/c1-12-4-8(15)14(11(12)19)5-9(16)13-2-3-20-6-7(13)10(17)18/h7H,2-6H2,1H3,(H,17,18). The number of nitrogens with zero attached hydrogens (tertiary/aromatic N) is 3. The van der Waals surface area contributed by atoms with Gasteiger partial charge in [-0.15, -0.1) is 0 Å². The van der Waals surface area contributed by atoms with Gasteiger partial charge >= 0.3 is 12.0 Å². The van der Waals surface area contributed by atoms with Gasteiger partial charge in [-0.1, -0.05) is 0 Å². The Morgan fingerprint density at radius 1 is 1.40 bits per heavy atom. The molecular weight excluding hydrogens is 270 g/mol. The van der Waals surface area contributed by atoms with Crippen LogP contribution in [0.2, 0.25) is 0 Å². The highest BCUT2D eigenvalue weighted by atomic mass is 16.5. The Kier molecular flexibility index (Phi) is 3.89. The number of carboxylic acid groups (broad SMARTS) is 1. The van der Waals surface area contributed by atoms with Crippen molar-refractivity contribution in [3.63, 3.8) is 0 Å². The largest absolute Gasteiger partial charge is 0.480 e. The minimum atomic E-state index is -1.17. The zero-order valence-corrected chi connectivity index (χ0v) is 10.9. The van der Waals surface area contributed by atoms with E-state index in [0.29, 0.717) is 0 Å². The number of carbonyl (C=O) groups excluding carboxylic acids is 3. The second-order valence-electron chi connectivity index (χ2n) is 4.63. The van der Waals surface area contributed by atoms with E-state index in [1.807, 2.05) is 0 Å². The number of ether oxygens (including phenoxy) is 1. The quantitative estimate of drug-likeness (QED) is 0.613. The third-order valence-corrected chi connectivity index (χ3v) is 3.26. The van der Waals surface area contributed by atoms with Gasteiger partial charge in [0.1, 0.15) is 13.1 Å². The molecule has 0 spiro atoms. The number of hydrogen-bond acceptors (Lipinski definition) is 5. The number of likely N-dealkylation sites (N-methyl/N-ethyl adjacent to an activating group) is 1. The molecule has 2 fully saturated rings. The van der Waals surface area contributed by atoms with Gasteiger partial charge in [0.2, 0.25) is 5.91 Å². The number of amides is 4. The predicted molar refractivity (Wildman–Crippen MR) is 63.7 cm³/mol. The molecule has 0 aliphatic carbocycles. The van der Waals surface area contributed by atoms with Gasteiger partial charge in [-0.3, -0.25) is 14.5 Å². The van der Waals surface area contributed by atoms with Crippen molar-refractivity contribution in [2.45, 2.75) is 6.04 Å². The lowest BCUT2D eigenvalue weighted by atomic mass is 10.2. The van der Waals surface area contributed by atoms with Crippen LogP contribution >= 0.6 is 0 Å². The Bertz CT molecular complexity index is 465. The Hall–Kier alpha value is -2.16. The number of carbonyl (C=O) groups is 4. The van der Waals surface area contributed by atoms with E-state index in [0.717, 1.165) is 9.80 Å². The van der Waals surface area contributed by atoms with Gasteiger partial charge in [0.15, 0.2) is 6.04 Å². The summed E-state index contributed by atoms with van der Waals surface area (Å²) in [6, 6.07) is -1.63. The molecule has 1 atom stereocenters. The molecule has 0 radical (unpaired) electrons. The highest BCUT2D eigenvalue weighted by Gasteiger charge is 2.38. The van der Waals surface area contributed by atoms with Crippen molar-refractivity contribution in [3.05, 3.63) is 0 Å². The average Bonchev–Trinajstić information content (AvgIpc) is 2.65. The fourth-order valence-corrected chi connectivity index (χ4v) is 2.16. The maximum absolute atomic E-state index is 12.1. The SMILES string of the molecule is CN1CC(=O)N(CC(=O)N2CCOCC2C(=O)O)C1=O. The molecule has 2 rings (SSSR count). The summed E-state index contributed by atoms with van der Waals surface area (Å²) in [5.41, 5.74) is 0. The minimum Gasteiger partial charge on any atom is -0.480 e. The molecule has 2 heterocycles. The van der Waals surface area contributed by atoms with Crippen molar-refractivity contribution in [2.24, 2.45) is 0 Å². The van der Waals surface area contributed by atoms with Crippen LogP contribution in [0, 0.1) is 0 Å². The second-order valence-corrected chi connectivity index (χ2v) is 4.63. The summed E-state index contributed by atoms with van der Waals surface area (Å²) >= 11 is 0. The molecule has 9 nitrogen and oxygen atoms in total. The van der Waals surface area contributed by atoms with Crippen LogP contribution in [0.25, 0.3) is 0 Å². The molecule has 2 saturated heterocycles. The number of carboxylic acids is 1. The normalized spacial score (nSPS) is 23.4. The third-order valence-electron chi connectivity index (χ3n) is 3.26. The molecule has 110 valence electrons. The van der Waals surface area contributed by atoms with E-state index >= 15 is 0 Å². The van der Waals surface area contributed by atoms with E-state index < -0.39 is 36.4 Å². The highest BCUT2D eigenvalue weighted by Crippen LogP contribution is 2.12. The van der Waals surface area contributed by atoms with E-state index in [1.165, 1.54) is 11.9 Å². The van der Waals surface area contributed by atoms with Gasteiger partial charge in [0, 0.05) is 13.6 Å². The van der Waals surface area contributed by atoms with Gasteiger partial charge in [0.05, 0.1) is 13.2 Å². The van der Waals surface area contributed by atoms with E-state index in [1.54, 1.807) is 0 Å². The van der Waals surface area contributed by atoms with Gasteiger partial charge < -0.3 is 19.6 Å². The van der Waals surface area contributed by atoms with Crippen molar-refractivity contribution in [2.75, 3.05) is 39.9 Å². The summed E-state index contributed by atoms with van der Waals surface area (Å²) in [4.78, 5) is 49.6. The van der Waals surface area contributed by atoms with Gasteiger partial charge in [-0.05, 0) is 0 Å². The number of rotatable bonds is 3. The maximum Gasteiger partial charge on any atom is 0.328 e. The molecule has 0 aromatic carbocycles. The summed E-state index contributed by atoms with van der Waals surface area (Å²) in [6.45, 7) is -0.245. The number of urea groups is 1. The molecule has 0 aromatic heterocycles. The molecule has 1 N–H and O–H groups in total. The third kappa shape index (κ3) is 2.57. The lowest BCUT2D eigenvalue weighted by Crippen LogP contribution is -2.55. The molecule has 0 bridgehead atoms. The summed E-state index contributed by atoms with van der Waals surface area (Å²) in [5.74, 6) is -2.21. The number of imide groups is 1. The zero-order chi connectivity index (χ0) is 14.9. The zero-order valence-electron chi connectivity index (χ0n) is 10.9.